The van der Waals surface area contributed by atoms with Gasteiger partial charge in [-0.2, -0.15) is 21.6 Å². The van der Waals surface area contributed by atoms with Crippen LogP contribution < -0.4 is 0 Å². The molecule has 0 aliphatic rings. The van der Waals surface area contributed by atoms with Gasteiger partial charge in [0.15, 0.2) is 0 Å². The Morgan fingerprint density at radius 3 is 1.61 bits per heavy atom. The van der Waals surface area contributed by atoms with Gasteiger partial charge >= 0.3 is 35.9 Å². The van der Waals surface area contributed by atoms with Crippen LogP contribution in [0.5, 0.6) is 5.75 Å². The second-order valence-corrected chi connectivity index (χ2v) is 5.28. The highest BCUT2D eigenvalue weighted by atomic mass is 32.1. The van der Waals surface area contributed by atoms with Crippen molar-refractivity contribution < 1.29 is 53.0 Å². The third-order valence-electron chi connectivity index (χ3n) is 2.16. The Kier molecular flexibility index (Phi) is 13.9. The van der Waals surface area contributed by atoms with Gasteiger partial charge in [0.1, 0.15) is 5.75 Å². The third-order valence-corrected chi connectivity index (χ3v) is 3.07. The van der Waals surface area contributed by atoms with Crippen LogP contribution in [0, 0.1) is 6.92 Å². The van der Waals surface area contributed by atoms with Gasteiger partial charge in [-0.15, -0.1) is 37.7 Å². The first-order valence-electron chi connectivity index (χ1n) is 6.17. The summed E-state index contributed by atoms with van der Waals surface area (Å²) in [7, 11) is 0. The van der Waals surface area contributed by atoms with E-state index in [1.807, 2.05) is 24.4 Å². The molecule has 2 aromatic rings. The van der Waals surface area contributed by atoms with Crippen LogP contribution in [0.3, 0.4) is 0 Å². The summed E-state index contributed by atoms with van der Waals surface area (Å²) in [6, 6.07) is 3.78. The van der Waals surface area contributed by atoms with Gasteiger partial charge in [0, 0.05) is 28.2 Å². The maximum absolute atomic E-state index is 10.6. The van der Waals surface area contributed by atoms with Gasteiger partial charge in [-0.25, -0.2) is 0 Å². The first-order chi connectivity index (χ1) is 12.8. The largest absolute Gasteiger partial charge is 0.529 e. The van der Waals surface area contributed by atoms with Crippen molar-refractivity contribution in [3.63, 3.8) is 0 Å². The van der Waals surface area contributed by atoms with Crippen molar-refractivity contribution in [2.75, 3.05) is 0 Å². The van der Waals surface area contributed by atoms with Crippen molar-refractivity contribution in [2.24, 2.45) is 0 Å². The lowest BCUT2D eigenvalue weighted by Gasteiger charge is -2.08. The third kappa shape index (κ3) is 14.9. The summed E-state index contributed by atoms with van der Waals surface area (Å²) in [6.07, 6.45) is -7.83. The smallest absolute Gasteiger partial charge is 0.506 e. The summed E-state index contributed by atoms with van der Waals surface area (Å²) in [4.78, 5) is 4.88. The number of thiophene rings is 1. The number of nitrogens with zero attached hydrogens (tertiary/aromatic N) is 1. The fourth-order valence-corrected chi connectivity index (χ4v) is 2.08. The molecule has 16 heteroatoms. The van der Waals surface area contributed by atoms with Crippen LogP contribution in [-0.4, -0.2) is 39.7 Å². The van der Waals surface area contributed by atoms with E-state index in [0.717, 1.165) is 16.0 Å². The molecule has 0 aliphatic heterocycles. The standard InChI is InChI=1S/C10H9NOS.C2F6O.2O2S/c1-7-10(12)9(6-13-7)8-2-4-11-5-3-8;3-1(4,5)9-2(6,7)8;2*1-3-2/h2-6,12H,1H3;;;. The number of pyridine rings is 1. The molecule has 0 amide bonds. The predicted molar refractivity (Wildman–Crippen MR) is 85.0 cm³/mol. The molecule has 0 radical (unpaired) electrons. The van der Waals surface area contributed by atoms with E-state index in [0.29, 0.717) is 5.75 Å². The summed E-state index contributed by atoms with van der Waals surface area (Å²) >= 11 is 0.0554. The van der Waals surface area contributed by atoms with Crippen molar-refractivity contribution in [1.29, 1.82) is 0 Å². The Labute approximate surface area is 164 Å². The molecule has 0 aliphatic carbocycles. The SMILES string of the molecule is Cc1scc(-c2ccncc2)c1O.FC(F)(F)OC(F)(F)F.O=S=O.O=S=O. The number of rotatable bonds is 1. The monoisotopic (exact) mass is 473 g/mol. The summed E-state index contributed by atoms with van der Waals surface area (Å²) in [5.74, 6) is 0.385. The molecule has 1 N–H and O–H groups in total. The zero-order chi connectivity index (χ0) is 22.4. The minimum absolute atomic E-state index is 0.385. The lowest BCUT2D eigenvalue weighted by molar-refractivity contribution is -0.463. The molecule has 7 nitrogen and oxygen atoms in total. The van der Waals surface area contributed by atoms with E-state index in [2.05, 4.69) is 4.98 Å². The average molecular weight is 473 g/mol. The zero-order valence-electron chi connectivity index (χ0n) is 13.3. The van der Waals surface area contributed by atoms with E-state index >= 15 is 0 Å². The van der Waals surface area contributed by atoms with Crippen LogP contribution in [0.1, 0.15) is 4.88 Å². The molecule has 0 fully saturated rings. The maximum Gasteiger partial charge on any atom is 0.529 e. The highest BCUT2D eigenvalue weighted by molar-refractivity contribution is 7.51. The number of hydrogen-bond acceptors (Lipinski definition) is 8. The Hall–Kier alpha value is -2.17. The fraction of sp³-hybridized carbons (Fsp3) is 0.250. The minimum Gasteiger partial charge on any atom is -0.506 e. The minimum atomic E-state index is -5.64. The molecule has 0 atom stereocenters. The summed E-state index contributed by atoms with van der Waals surface area (Å²) in [5, 5.41) is 11.6. The van der Waals surface area contributed by atoms with Gasteiger partial charge in [0.25, 0.3) is 0 Å². The van der Waals surface area contributed by atoms with Crippen LogP contribution in [-0.2, 0) is 27.9 Å². The van der Waals surface area contributed by atoms with E-state index in [1.165, 1.54) is 0 Å². The molecule has 2 rings (SSSR count). The molecule has 0 saturated heterocycles. The van der Waals surface area contributed by atoms with Gasteiger partial charge < -0.3 is 5.11 Å². The fourth-order valence-electron chi connectivity index (χ4n) is 1.32. The van der Waals surface area contributed by atoms with Crippen LogP contribution in [0.15, 0.2) is 29.9 Å². The molecule has 158 valence electrons. The number of ether oxygens (including phenoxy) is 1. The lowest BCUT2D eigenvalue weighted by atomic mass is 10.1. The average Bonchev–Trinajstić information content (AvgIpc) is 2.86. The van der Waals surface area contributed by atoms with Gasteiger partial charge in [0.2, 0.25) is 0 Å². The number of aryl methyl sites for hydroxylation is 1. The summed E-state index contributed by atoms with van der Waals surface area (Å²) < 4.78 is 98.4. The van der Waals surface area contributed by atoms with Crippen LogP contribution in [0.2, 0.25) is 0 Å². The van der Waals surface area contributed by atoms with Crippen LogP contribution in [0.25, 0.3) is 11.1 Å². The summed E-state index contributed by atoms with van der Waals surface area (Å²) in [5.41, 5.74) is 1.90. The first-order valence-corrected chi connectivity index (χ1v) is 8.38. The van der Waals surface area contributed by atoms with Gasteiger partial charge in [-0.3, -0.25) is 4.98 Å². The number of aromatic nitrogens is 1. The first kappa shape index (κ1) is 28.0. The molecule has 28 heavy (non-hydrogen) atoms. The zero-order valence-corrected chi connectivity index (χ0v) is 15.8. The Bertz CT molecular complexity index is 744. The van der Waals surface area contributed by atoms with E-state index in [4.69, 9.17) is 16.8 Å². The van der Waals surface area contributed by atoms with Gasteiger partial charge in [-0.1, -0.05) is 0 Å². The molecular weight excluding hydrogens is 464 g/mol. The summed E-state index contributed by atoms with van der Waals surface area (Å²) in [6.45, 7) is 1.91. The number of hydrogen-bond donors (Lipinski definition) is 1. The Morgan fingerprint density at radius 2 is 1.36 bits per heavy atom. The number of aromatic hydroxyl groups is 1. The number of alkyl halides is 6. The second kappa shape index (κ2) is 13.9. The van der Waals surface area contributed by atoms with Crippen molar-refractivity contribution in [1.82, 2.24) is 4.98 Å². The highest BCUT2D eigenvalue weighted by Crippen LogP contribution is 2.36. The molecule has 0 spiro atoms. The van der Waals surface area contributed by atoms with Crippen molar-refractivity contribution in [2.45, 2.75) is 19.6 Å². The van der Waals surface area contributed by atoms with Crippen LogP contribution >= 0.6 is 11.3 Å². The highest BCUT2D eigenvalue weighted by Gasteiger charge is 2.45. The number of halogens is 6. The molecule has 0 aromatic carbocycles. The van der Waals surface area contributed by atoms with Crippen molar-refractivity contribution >= 4 is 34.5 Å². The van der Waals surface area contributed by atoms with Crippen molar-refractivity contribution in [3.05, 3.63) is 34.8 Å². The van der Waals surface area contributed by atoms with E-state index in [1.54, 1.807) is 28.5 Å². The van der Waals surface area contributed by atoms with Crippen molar-refractivity contribution in [3.8, 4) is 16.9 Å². The van der Waals surface area contributed by atoms with E-state index < -0.39 is 35.9 Å². The van der Waals surface area contributed by atoms with E-state index in [-0.39, 0.29) is 0 Å². The second-order valence-electron chi connectivity index (χ2n) is 3.92. The predicted octanol–water partition coefficient (Wildman–Crippen LogP) is 3.53. The lowest BCUT2D eigenvalue weighted by Crippen LogP contribution is -2.25. The molecule has 0 saturated carbocycles. The van der Waals surface area contributed by atoms with E-state index in [9.17, 15) is 31.4 Å². The Balaban J connectivity index is 0. The van der Waals surface area contributed by atoms with Gasteiger partial charge in [0.05, 0.1) is 0 Å². The topological polar surface area (TPSA) is 111 Å². The normalized spacial score (nSPS) is 10.1. The maximum atomic E-state index is 10.6. The van der Waals surface area contributed by atoms with Crippen LogP contribution in [0.4, 0.5) is 26.3 Å². The quantitative estimate of drug-likeness (QED) is 0.631. The Morgan fingerprint density at radius 1 is 0.964 bits per heavy atom. The molecular formula is C12H9F6NO6S3. The molecule has 2 aromatic heterocycles. The molecule has 0 unspecified atom stereocenters. The molecule has 2 heterocycles. The molecule has 0 bridgehead atoms. The van der Waals surface area contributed by atoms with Gasteiger partial charge in [-0.05, 0) is 24.6 Å².